The molecule has 1 aliphatic heterocycles. The first-order valence-electron chi connectivity index (χ1n) is 7.98. The van der Waals surface area contributed by atoms with Gasteiger partial charge in [0.2, 0.25) is 5.91 Å². The van der Waals surface area contributed by atoms with Gasteiger partial charge in [-0.2, -0.15) is 0 Å². The van der Waals surface area contributed by atoms with Crippen molar-refractivity contribution in [1.29, 1.82) is 0 Å². The van der Waals surface area contributed by atoms with Crippen LogP contribution in [-0.4, -0.2) is 35.0 Å². The van der Waals surface area contributed by atoms with Crippen molar-refractivity contribution >= 4 is 11.9 Å². The fourth-order valence-corrected chi connectivity index (χ4v) is 2.88. The molecule has 1 saturated heterocycles. The Hall–Kier alpha value is -1.78. The Morgan fingerprint density at radius 2 is 1.95 bits per heavy atom. The van der Waals surface area contributed by atoms with Crippen LogP contribution in [0.15, 0.2) is 16.7 Å². The molecule has 1 aromatic heterocycles. The first-order valence-corrected chi connectivity index (χ1v) is 7.98. The molecule has 0 saturated carbocycles. The summed E-state index contributed by atoms with van der Waals surface area (Å²) in [6.07, 6.45) is 3.87. The number of hydrogen-bond acceptors (Lipinski definition) is 3. The summed E-state index contributed by atoms with van der Waals surface area (Å²) in [7, 11) is 0. The monoisotopic (exact) mass is 307 g/mol. The van der Waals surface area contributed by atoms with Crippen molar-refractivity contribution in [3.8, 4) is 0 Å². The van der Waals surface area contributed by atoms with E-state index >= 15 is 0 Å². The van der Waals surface area contributed by atoms with Gasteiger partial charge in [0, 0.05) is 25.4 Å². The third kappa shape index (κ3) is 3.70. The Morgan fingerprint density at radius 1 is 1.32 bits per heavy atom. The standard InChI is InChI=1S/C17H25NO4/c1-11(2)12(3)16(19)18-7-4-13(5-8-18)10-15-14(17(20)21)6-9-22-15/h6,9,11-13H,4-5,7-8,10H2,1-3H3,(H,20,21). The number of carboxylic acid groups (broad SMARTS) is 1. The molecular weight excluding hydrogens is 282 g/mol. The zero-order chi connectivity index (χ0) is 16.3. The summed E-state index contributed by atoms with van der Waals surface area (Å²) in [5, 5.41) is 9.10. The Bertz CT molecular complexity index is 527. The SMILES string of the molecule is CC(C)C(C)C(=O)N1CCC(Cc2occc2C(=O)O)CC1. The van der Waals surface area contributed by atoms with Gasteiger partial charge in [-0.3, -0.25) is 4.79 Å². The van der Waals surface area contributed by atoms with Gasteiger partial charge in [0.25, 0.3) is 0 Å². The summed E-state index contributed by atoms with van der Waals surface area (Å²) in [5.41, 5.74) is 0.256. The minimum Gasteiger partial charge on any atom is -0.478 e. The highest BCUT2D eigenvalue weighted by atomic mass is 16.4. The van der Waals surface area contributed by atoms with E-state index < -0.39 is 5.97 Å². The summed E-state index contributed by atoms with van der Waals surface area (Å²) in [6, 6.07) is 1.50. The van der Waals surface area contributed by atoms with Gasteiger partial charge in [0.15, 0.2) is 0 Å². The van der Waals surface area contributed by atoms with Crippen LogP contribution < -0.4 is 0 Å². The Balaban J connectivity index is 1.88. The molecule has 0 aliphatic carbocycles. The average molecular weight is 307 g/mol. The number of carbonyl (C=O) groups excluding carboxylic acids is 1. The number of hydrogen-bond donors (Lipinski definition) is 1. The maximum atomic E-state index is 12.3. The van der Waals surface area contributed by atoms with Crippen LogP contribution in [0.1, 0.15) is 49.7 Å². The van der Waals surface area contributed by atoms with Gasteiger partial charge < -0.3 is 14.4 Å². The van der Waals surface area contributed by atoms with E-state index in [2.05, 4.69) is 13.8 Å². The van der Waals surface area contributed by atoms with Crippen molar-refractivity contribution in [1.82, 2.24) is 4.90 Å². The normalized spacial score (nSPS) is 17.7. The van der Waals surface area contributed by atoms with E-state index in [1.807, 2.05) is 11.8 Å². The van der Waals surface area contributed by atoms with Gasteiger partial charge in [-0.1, -0.05) is 20.8 Å². The quantitative estimate of drug-likeness (QED) is 0.907. The summed E-state index contributed by atoms with van der Waals surface area (Å²) in [6.45, 7) is 7.63. The molecule has 2 rings (SSSR count). The van der Waals surface area contributed by atoms with Gasteiger partial charge in [-0.25, -0.2) is 4.79 Å². The topological polar surface area (TPSA) is 70.8 Å². The van der Waals surface area contributed by atoms with Crippen LogP contribution >= 0.6 is 0 Å². The summed E-state index contributed by atoms with van der Waals surface area (Å²) in [4.78, 5) is 25.4. The predicted molar refractivity (Wildman–Crippen MR) is 82.7 cm³/mol. The molecular formula is C17H25NO4. The molecule has 122 valence electrons. The van der Waals surface area contributed by atoms with Gasteiger partial charge >= 0.3 is 5.97 Å². The second-order valence-corrected chi connectivity index (χ2v) is 6.57. The Morgan fingerprint density at radius 3 is 2.50 bits per heavy atom. The van der Waals surface area contributed by atoms with Crippen molar-refractivity contribution in [2.75, 3.05) is 13.1 Å². The lowest BCUT2D eigenvalue weighted by Crippen LogP contribution is -2.42. The molecule has 1 aromatic rings. The van der Waals surface area contributed by atoms with Gasteiger partial charge in [-0.05, 0) is 30.7 Å². The van der Waals surface area contributed by atoms with E-state index in [1.54, 1.807) is 0 Å². The van der Waals surface area contributed by atoms with Gasteiger partial charge in [0.1, 0.15) is 11.3 Å². The molecule has 22 heavy (non-hydrogen) atoms. The van der Waals surface area contributed by atoms with Crippen LogP contribution in [0.2, 0.25) is 0 Å². The van der Waals surface area contributed by atoms with E-state index in [9.17, 15) is 9.59 Å². The zero-order valence-corrected chi connectivity index (χ0v) is 13.5. The number of furan rings is 1. The molecule has 1 amide bonds. The minimum atomic E-state index is -0.942. The lowest BCUT2D eigenvalue weighted by molar-refractivity contribution is -0.137. The number of aromatic carboxylic acids is 1. The molecule has 2 heterocycles. The fourth-order valence-electron chi connectivity index (χ4n) is 2.88. The molecule has 1 fully saturated rings. The molecule has 1 atom stereocenters. The van der Waals surface area contributed by atoms with Crippen LogP contribution in [0.4, 0.5) is 0 Å². The maximum Gasteiger partial charge on any atom is 0.339 e. The van der Waals surface area contributed by atoms with E-state index in [1.165, 1.54) is 12.3 Å². The smallest absolute Gasteiger partial charge is 0.339 e. The zero-order valence-electron chi connectivity index (χ0n) is 13.5. The molecule has 5 nitrogen and oxygen atoms in total. The van der Waals surface area contributed by atoms with Crippen LogP contribution in [0.3, 0.4) is 0 Å². The molecule has 0 aromatic carbocycles. The number of amides is 1. The highest BCUT2D eigenvalue weighted by Gasteiger charge is 2.28. The fraction of sp³-hybridized carbons (Fsp3) is 0.647. The number of nitrogens with zero attached hydrogens (tertiary/aromatic N) is 1. The number of likely N-dealkylation sites (tertiary alicyclic amines) is 1. The molecule has 1 N–H and O–H groups in total. The largest absolute Gasteiger partial charge is 0.478 e. The van der Waals surface area contributed by atoms with E-state index in [4.69, 9.17) is 9.52 Å². The molecule has 0 spiro atoms. The molecule has 5 heteroatoms. The van der Waals surface area contributed by atoms with Crippen LogP contribution in [0, 0.1) is 17.8 Å². The van der Waals surface area contributed by atoms with Gasteiger partial charge in [-0.15, -0.1) is 0 Å². The number of piperidine rings is 1. The second-order valence-electron chi connectivity index (χ2n) is 6.57. The Kier molecular flexibility index (Phi) is 5.27. The third-order valence-corrected chi connectivity index (χ3v) is 4.77. The Labute approximate surface area is 131 Å². The number of carboxylic acids is 1. The van der Waals surface area contributed by atoms with Crippen molar-refractivity contribution in [2.24, 2.45) is 17.8 Å². The molecule has 0 bridgehead atoms. The summed E-state index contributed by atoms with van der Waals surface area (Å²) < 4.78 is 5.31. The summed E-state index contributed by atoms with van der Waals surface area (Å²) in [5.74, 6) is 0.627. The first-order chi connectivity index (χ1) is 10.4. The highest BCUT2D eigenvalue weighted by molar-refractivity contribution is 5.88. The van der Waals surface area contributed by atoms with Crippen molar-refractivity contribution in [2.45, 2.75) is 40.0 Å². The maximum absolute atomic E-state index is 12.3. The predicted octanol–water partition coefficient (Wildman–Crippen LogP) is 3.05. The number of rotatable bonds is 5. The minimum absolute atomic E-state index is 0.0558. The molecule has 1 unspecified atom stereocenters. The van der Waals surface area contributed by atoms with Crippen molar-refractivity contribution in [3.05, 3.63) is 23.7 Å². The average Bonchev–Trinajstić information content (AvgIpc) is 2.94. The lowest BCUT2D eigenvalue weighted by Gasteiger charge is -2.34. The first kappa shape index (κ1) is 16.6. The van der Waals surface area contributed by atoms with Crippen LogP contribution in [-0.2, 0) is 11.2 Å². The molecule has 0 radical (unpaired) electrons. The van der Waals surface area contributed by atoms with Gasteiger partial charge in [0.05, 0.1) is 6.26 Å². The van der Waals surface area contributed by atoms with Crippen molar-refractivity contribution < 1.29 is 19.1 Å². The van der Waals surface area contributed by atoms with E-state index in [0.717, 1.165) is 25.9 Å². The molecule has 1 aliphatic rings. The highest BCUT2D eigenvalue weighted by Crippen LogP contribution is 2.25. The third-order valence-electron chi connectivity index (χ3n) is 4.77. The second kappa shape index (κ2) is 6.99. The summed E-state index contributed by atoms with van der Waals surface area (Å²) >= 11 is 0. The van der Waals surface area contributed by atoms with E-state index in [-0.39, 0.29) is 17.4 Å². The van der Waals surface area contributed by atoms with Crippen LogP contribution in [0.5, 0.6) is 0 Å². The van der Waals surface area contributed by atoms with Crippen molar-refractivity contribution in [3.63, 3.8) is 0 Å². The van der Waals surface area contributed by atoms with E-state index in [0.29, 0.717) is 24.0 Å². The number of carbonyl (C=O) groups is 2. The lowest BCUT2D eigenvalue weighted by atomic mass is 9.90. The van der Waals surface area contributed by atoms with Crippen LogP contribution in [0.25, 0.3) is 0 Å².